The number of Topliss-reactive ketones (excluding diaryl/α,β-unsaturated/α-hetero) is 1. The summed E-state index contributed by atoms with van der Waals surface area (Å²) < 4.78 is 1.85. The second kappa shape index (κ2) is 8.08. The standard InChI is InChI=1S/C25H32N8O/c34-22(13-18-15-31-11-7-16(18)8-12-31)20-3-1-9-32(20)25-27-24(21-4-2-10-33(21)30-25)26-23-14-19(28-29-23)17-5-6-17/h2,4,10,14,16-18,20H,1,3,5-9,11-13,15H2,(H2,26,27,28,29,30)/t18?,20-/m0/s1. The molecule has 3 aromatic heterocycles. The van der Waals surface area contributed by atoms with Crippen molar-refractivity contribution in [2.24, 2.45) is 11.8 Å². The van der Waals surface area contributed by atoms with E-state index in [1.165, 1.54) is 44.5 Å². The molecule has 9 heteroatoms. The van der Waals surface area contributed by atoms with Crippen molar-refractivity contribution >= 4 is 28.9 Å². The normalized spacial score (nSPS) is 28.6. The molecule has 1 unspecified atom stereocenters. The molecule has 4 aliphatic heterocycles. The molecule has 178 valence electrons. The summed E-state index contributed by atoms with van der Waals surface area (Å²) in [6.07, 6.45) is 9.48. The molecule has 0 aromatic carbocycles. The van der Waals surface area contributed by atoms with E-state index < -0.39 is 0 Å². The number of anilines is 3. The Balaban J connectivity index is 1.13. The quantitative estimate of drug-likeness (QED) is 0.558. The number of hydrogen-bond donors (Lipinski definition) is 2. The molecule has 0 spiro atoms. The highest BCUT2D eigenvalue weighted by Crippen LogP contribution is 2.40. The van der Waals surface area contributed by atoms with Crippen LogP contribution in [-0.2, 0) is 4.79 Å². The van der Waals surface area contributed by atoms with Gasteiger partial charge in [0.15, 0.2) is 17.4 Å². The van der Waals surface area contributed by atoms with Gasteiger partial charge in [0.25, 0.3) is 0 Å². The Kier molecular flexibility index (Phi) is 4.85. The first-order valence-electron chi connectivity index (χ1n) is 12.9. The van der Waals surface area contributed by atoms with E-state index in [4.69, 9.17) is 10.1 Å². The maximum absolute atomic E-state index is 13.5. The Morgan fingerprint density at radius 3 is 2.82 bits per heavy atom. The number of nitrogens with one attached hydrogen (secondary N) is 2. The number of rotatable bonds is 7. The minimum atomic E-state index is -0.122. The summed E-state index contributed by atoms with van der Waals surface area (Å²) in [4.78, 5) is 23.1. The van der Waals surface area contributed by atoms with E-state index in [1.54, 1.807) is 0 Å². The molecule has 2 atom stereocenters. The molecular weight excluding hydrogens is 428 g/mol. The predicted octanol–water partition coefficient (Wildman–Crippen LogP) is 3.34. The van der Waals surface area contributed by atoms with Crippen LogP contribution in [-0.4, -0.2) is 67.7 Å². The minimum absolute atomic E-state index is 0.122. The van der Waals surface area contributed by atoms with Gasteiger partial charge in [0, 0.05) is 43.4 Å². The topological polar surface area (TPSA) is 94.5 Å². The van der Waals surface area contributed by atoms with E-state index >= 15 is 0 Å². The Bertz CT molecular complexity index is 1200. The fourth-order valence-corrected chi connectivity index (χ4v) is 6.32. The highest BCUT2D eigenvalue weighted by atomic mass is 16.1. The van der Waals surface area contributed by atoms with Gasteiger partial charge in [0.05, 0.1) is 6.04 Å². The van der Waals surface area contributed by atoms with E-state index in [9.17, 15) is 4.79 Å². The van der Waals surface area contributed by atoms with Crippen molar-refractivity contribution in [2.45, 2.75) is 56.9 Å². The second-order valence-corrected chi connectivity index (χ2v) is 10.6. The molecule has 1 saturated carbocycles. The summed E-state index contributed by atoms with van der Waals surface area (Å²) in [5.74, 6) is 4.33. The van der Waals surface area contributed by atoms with E-state index in [0.29, 0.717) is 30.0 Å². The molecule has 1 aliphatic carbocycles. The fraction of sp³-hybridized carbons (Fsp3) is 0.600. The number of aromatic amines is 1. The second-order valence-electron chi connectivity index (χ2n) is 10.6. The number of aromatic nitrogens is 5. The molecule has 2 bridgehead atoms. The number of fused-ring (bicyclic) bond motifs is 4. The van der Waals surface area contributed by atoms with Crippen LogP contribution in [0.15, 0.2) is 24.4 Å². The smallest absolute Gasteiger partial charge is 0.246 e. The molecule has 9 nitrogen and oxygen atoms in total. The zero-order valence-corrected chi connectivity index (χ0v) is 19.5. The number of ketones is 1. The van der Waals surface area contributed by atoms with E-state index in [1.807, 2.05) is 22.8 Å². The Morgan fingerprint density at radius 2 is 2.03 bits per heavy atom. The predicted molar refractivity (Wildman–Crippen MR) is 129 cm³/mol. The van der Waals surface area contributed by atoms with Crippen molar-refractivity contribution in [3.8, 4) is 0 Å². The monoisotopic (exact) mass is 460 g/mol. The number of nitrogens with zero attached hydrogens (tertiary/aromatic N) is 6. The SMILES string of the molecule is O=C(CC1CN2CCC1CC2)[C@@H]1CCCN1c1nc(Nc2cc(C3CC3)[nH]n2)c2cccn2n1. The van der Waals surface area contributed by atoms with Crippen LogP contribution in [0.1, 0.15) is 56.6 Å². The van der Waals surface area contributed by atoms with Crippen LogP contribution in [0.5, 0.6) is 0 Å². The van der Waals surface area contributed by atoms with Crippen molar-refractivity contribution < 1.29 is 4.79 Å². The lowest BCUT2D eigenvalue weighted by Crippen LogP contribution is -2.49. The van der Waals surface area contributed by atoms with Gasteiger partial charge in [0.2, 0.25) is 5.95 Å². The van der Waals surface area contributed by atoms with Crippen LogP contribution in [0, 0.1) is 11.8 Å². The van der Waals surface area contributed by atoms with Gasteiger partial charge in [-0.15, -0.1) is 5.10 Å². The Labute approximate surface area is 198 Å². The first-order valence-corrected chi connectivity index (χ1v) is 12.9. The van der Waals surface area contributed by atoms with Crippen LogP contribution in [0.4, 0.5) is 17.6 Å². The third-order valence-corrected chi connectivity index (χ3v) is 8.38. The summed E-state index contributed by atoms with van der Waals surface area (Å²) >= 11 is 0. The third-order valence-electron chi connectivity index (χ3n) is 8.38. The van der Waals surface area contributed by atoms with Crippen molar-refractivity contribution in [1.29, 1.82) is 0 Å². The molecule has 34 heavy (non-hydrogen) atoms. The molecular formula is C25H32N8O. The van der Waals surface area contributed by atoms with Crippen LogP contribution < -0.4 is 10.2 Å². The molecule has 4 saturated heterocycles. The molecule has 7 heterocycles. The van der Waals surface area contributed by atoms with Crippen molar-refractivity contribution in [2.75, 3.05) is 36.4 Å². The number of H-pyrrole nitrogens is 1. The summed E-state index contributed by atoms with van der Waals surface area (Å²) in [6, 6.07) is 5.93. The largest absolute Gasteiger partial charge is 0.329 e. The lowest BCUT2D eigenvalue weighted by atomic mass is 9.76. The average molecular weight is 461 g/mol. The van der Waals surface area contributed by atoms with Gasteiger partial charge in [-0.2, -0.15) is 10.1 Å². The maximum atomic E-state index is 13.5. The third kappa shape index (κ3) is 3.66. The molecule has 3 aromatic rings. The summed E-state index contributed by atoms with van der Waals surface area (Å²) in [7, 11) is 0. The van der Waals surface area contributed by atoms with Gasteiger partial charge >= 0.3 is 0 Å². The molecule has 8 rings (SSSR count). The summed E-state index contributed by atoms with van der Waals surface area (Å²) in [5, 5.41) is 15.8. The highest BCUT2D eigenvalue weighted by molar-refractivity contribution is 5.87. The summed E-state index contributed by atoms with van der Waals surface area (Å²) in [6.45, 7) is 4.33. The Hall–Kier alpha value is -2.94. The van der Waals surface area contributed by atoms with Gasteiger partial charge in [0.1, 0.15) is 5.52 Å². The fourth-order valence-electron chi connectivity index (χ4n) is 6.32. The maximum Gasteiger partial charge on any atom is 0.246 e. The Morgan fingerprint density at radius 1 is 1.15 bits per heavy atom. The molecule has 0 radical (unpaired) electrons. The number of carbonyl (C=O) groups is 1. The van der Waals surface area contributed by atoms with Crippen molar-refractivity contribution in [3.05, 3.63) is 30.1 Å². The molecule has 0 amide bonds. The van der Waals surface area contributed by atoms with Crippen LogP contribution in [0.25, 0.3) is 5.52 Å². The first kappa shape index (κ1) is 20.4. The summed E-state index contributed by atoms with van der Waals surface area (Å²) in [5.41, 5.74) is 2.08. The lowest BCUT2D eigenvalue weighted by molar-refractivity contribution is -0.122. The van der Waals surface area contributed by atoms with Crippen molar-refractivity contribution in [1.82, 2.24) is 29.7 Å². The zero-order chi connectivity index (χ0) is 22.6. The van der Waals surface area contributed by atoms with E-state index in [0.717, 1.165) is 49.0 Å². The average Bonchev–Trinajstić information content (AvgIpc) is 3.25. The zero-order valence-electron chi connectivity index (χ0n) is 19.5. The van der Waals surface area contributed by atoms with Crippen LogP contribution in [0.2, 0.25) is 0 Å². The van der Waals surface area contributed by atoms with Crippen LogP contribution >= 0.6 is 0 Å². The minimum Gasteiger partial charge on any atom is -0.329 e. The molecule has 2 N–H and O–H groups in total. The highest BCUT2D eigenvalue weighted by Gasteiger charge is 2.39. The van der Waals surface area contributed by atoms with Gasteiger partial charge in [-0.25, -0.2) is 4.52 Å². The van der Waals surface area contributed by atoms with Gasteiger partial charge in [-0.3, -0.25) is 9.89 Å². The van der Waals surface area contributed by atoms with Crippen molar-refractivity contribution in [3.63, 3.8) is 0 Å². The van der Waals surface area contributed by atoms with Gasteiger partial charge in [-0.1, -0.05) is 0 Å². The number of carbonyl (C=O) groups excluding carboxylic acids is 1. The lowest BCUT2D eigenvalue weighted by Gasteiger charge is -2.45. The molecule has 5 aliphatic rings. The van der Waals surface area contributed by atoms with Gasteiger partial charge in [-0.05, 0) is 75.6 Å². The van der Waals surface area contributed by atoms with Gasteiger partial charge < -0.3 is 15.1 Å². The van der Waals surface area contributed by atoms with E-state index in [-0.39, 0.29) is 6.04 Å². The van der Waals surface area contributed by atoms with E-state index in [2.05, 4.69) is 31.4 Å². The number of piperidine rings is 3. The number of hydrogen-bond acceptors (Lipinski definition) is 7. The molecule has 5 fully saturated rings. The van der Waals surface area contributed by atoms with Crippen LogP contribution in [0.3, 0.4) is 0 Å². The first-order chi connectivity index (χ1) is 16.7.